The third kappa shape index (κ3) is 4.37. The van der Waals surface area contributed by atoms with Crippen LogP contribution >= 0.6 is 11.6 Å². The van der Waals surface area contributed by atoms with Gasteiger partial charge in [-0.1, -0.05) is 29.8 Å². The van der Waals surface area contributed by atoms with Crippen LogP contribution in [0.1, 0.15) is 39.1 Å². The lowest BCUT2D eigenvalue weighted by Gasteiger charge is -2.37. The summed E-state index contributed by atoms with van der Waals surface area (Å²) in [6, 6.07) is 10.6. The molecule has 1 aromatic heterocycles. The fraction of sp³-hybridized carbons (Fsp3) is 0.391. The van der Waals surface area contributed by atoms with E-state index >= 15 is 0 Å². The number of ether oxygens (including phenoxy) is 1. The third-order valence-electron chi connectivity index (χ3n) is 5.53. The second-order valence-electron chi connectivity index (χ2n) is 9.00. The van der Waals surface area contributed by atoms with Gasteiger partial charge in [0.15, 0.2) is 5.82 Å². The number of rotatable bonds is 5. The molecule has 1 fully saturated rings. The van der Waals surface area contributed by atoms with Crippen molar-refractivity contribution in [1.82, 2.24) is 14.8 Å². The maximum Gasteiger partial charge on any atom is 0.264 e. The van der Waals surface area contributed by atoms with Crippen molar-refractivity contribution in [2.24, 2.45) is 0 Å². The van der Waals surface area contributed by atoms with E-state index < -0.39 is 21.4 Å². The maximum atomic E-state index is 14.8. The van der Waals surface area contributed by atoms with Gasteiger partial charge in [-0.25, -0.2) is 12.8 Å². The van der Waals surface area contributed by atoms with Gasteiger partial charge in [0.1, 0.15) is 11.6 Å². The average Bonchev–Trinajstić information content (AvgIpc) is 3.39. The van der Waals surface area contributed by atoms with Crippen LogP contribution in [0.4, 0.5) is 10.1 Å². The van der Waals surface area contributed by atoms with Crippen LogP contribution in [0.15, 0.2) is 47.4 Å². The molecule has 1 atom stereocenters. The van der Waals surface area contributed by atoms with Crippen molar-refractivity contribution in [2.75, 3.05) is 17.5 Å². The normalized spacial score (nSPS) is 16.8. The van der Waals surface area contributed by atoms with E-state index in [1.165, 1.54) is 22.5 Å². The predicted molar refractivity (Wildman–Crippen MR) is 125 cm³/mol. The van der Waals surface area contributed by atoms with Crippen molar-refractivity contribution in [3.63, 3.8) is 0 Å². The van der Waals surface area contributed by atoms with Crippen molar-refractivity contribution in [2.45, 2.75) is 50.6 Å². The van der Waals surface area contributed by atoms with Gasteiger partial charge in [0.05, 0.1) is 28.3 Å². The first kappa shape index (κ1) is 23.7. The molecule has 176 valence electrons. The minimum absolute atomic E-state index is 0.0134. The molecule has 3 aromatic rings. The van der Waals surface area contributed by atoms with E-state index in [0.717, 1.165) is 12.5 Å². The molecule has 1 unspecified atom stereocenters. The Morgan fingerprint density at radius 3 is 2.48 bits per heavy atom. The third-order valence-corrected chi connectivity index (χ3v) is 7.91. The first-order chi connectivity index (χ1) is 15.5. The fourth-order valence-corrected chi connectivity index (χ4v) is 6.16. The van der Waals surface area contributed by atoms with E-state index in [0.29, 0.717) is 30.4 Å². The van der Waals surface area contributed by atoms with Crippen LogP contribution in [0.5, 0.6) is 0 Å². The van der Waals surface area contributed by atoms with Crippen LogP contribution in [0.25, 0.3) is 11.4 Å². The molecule has 0 N–H and O–H groups in total. The number of halogens is 2. The molecule has 0 bridgehead atoms. The Morgan fingerprint density at radius 1 is 1.18 bits per heavy atom. The van der Waals surface area contributed by atoms with Gasteiger partial charge in [0, 0.05) is 23.8 Å². The first-order valence-electron chi connectivity index (χ1n) is 10.6. The Balaban J connectivity index is 1.99. The molecule has 0 amide bonds. The number of sulfonamides is 1. The lowest BCUT2D eigenvalue weighted by Crippen LogP contribution is -2.46. The minimum Gasteiger partial charge on any atom is -0.379 e. The van der Waals surface area contributed by atoms with Gasteiger partial charge in [-0.15, -0.1) is 10.2 Å². The number of benzene rings is 2. The Labute approximate surface area is 198 Å². The quantitative estimate of drug-likeness (QED) is 0.500. The SMILES string of the molecule is Cc1nnc(-c2cc(Cl)c(F)cc2N(C(C)(C)C)S(=O)(=O)c2ccccc2)n1C1CCOC1. The Hall–Kier alpha value is -2.49. The molecule has 0 spiro atoms. The minimum atomic E-state index is -4.06. The number of aryl methyl sites for hydroxylation is 1. The van der Waals surface area contributed by atoms with Gasteiger partial charge >= 0.3 is 0 Å². The van der Waals surface area contributed by atoms with Gasteiger partial charge in [-0.3, -0.25) is 4.31 Å². The molecule has 7 nitrogen and oxygen atoms in total. The summed E-state index contributed by atoms with van der Waals surface area (Å²) in [5.41, 5.74) is -0.413. The van der Waals surface area contributed by atoms with Gasteiger partial charge in [-0.05, 0) is 52.3 Å². The summed E-state index contributed by atoms with van der Waals surface area (Å²) in [7, 11) is -4.06. The Morgan fingerprint density at radius 2 is 1.88 bits per heavy atom. The van der Waals surface area contributed by atoms with Crippen LogP contribution in [0, 0.1) is 12.7 Å². The fourth-order valence-electron chi connectivity index (χ4n) is 4.15. The van der Waals surface area contributed by atoms with E-state index in [2.05, 4.69) is 10.2 Å². The largest absolute Gasteiger partial charge is 0.379 e. The zero-order chi connectivity index (χ0) is 24.0. The molecule has 4 rings (SSSR count). The molecule has 1 aliphatic heterocycles. The Kier molecular flexibility index (Phi) is 6.24. The number of hydrogen-bond donors (Lipinski definition) is 0. The molecule has 2 aromatic carbocycles. The Bertz CT molecular complexity index is 1270. The predicted octanol–water partition coefficient (Wildman–Crippen LogP) is 5.00. The highest BCUT2D eigenvalue weighted by Crippen LogP contribution is 2.41. The van der Waals surface area contributed by atoms with E-state index in [1.807, 2.05) is 11.5 Å². The van der Waals surface area contributed by atoms with E-state index in [-0.39, 0.29) is 21.6 Å². The summed E-state index contributed by atoms with van der Waals surface area (Å²) in [6.45, 7) is 8.18. The molecular formula is C23H26ClFN4O3S. The number of nitrogens with zero attached hydrogens (tertiary/aromatic N) is 4. The van der Waals surface area contributed by atoms with E-state index in [9.17, 15) is 12.8 Å². The first-order valence-corrected chi connectivity index (χ1v) is 12.4. The zero-order valence-corrected chi connectivity index (χ0v) is 20.5. The van der Waals surface area contributed by atoms with Gasteiger partial charge in [0.2, 0.25) is 0 Å². The van der Waals surface area contributed by atoms with Crippen molar-refractivity contribution in [3.8, 4) is 11.4 Å². The maximum absolute atomic E-state index is 14.8. The van der Waals surface area contributed by atoms with Crippen LogP contribution < -0.4 is 4.31 Å². The van der Waals surface area contributed by atoms with Crippen LogP contribution in [0.2, 0.25) is 5.02 Å². The van der Waals surface area contributed by atoms with E-state index in [4.69, 9.17) is 16.3 Å². The van der Waals surface area contributed by atoms with Gasteiger partial charge in [0.25, 0.3) is 10.0 Å². The molecular weight excluding hydrogens is 467 g/mol. The second kappa shape index (κ2) is 8.70. The van der Waals surface area contributed by atoms with Gasteiger partial charge < -0.3 is 9.30 Å². The molecule has 33 heavy (non-hydrogen) atoms. The molecule has 0 saturated carbocycles. The number of anilines is 1. The summed E-state index contributed by atoms with van der Waals surface area (Å²) in [6.07, 6.45) is 0.765. The lowest BCUT2D eigenvalue weighted by molar-refractivity contribution is 0.186. The molecule has 1 saturated heterocycles. The lowest BCUT2D eigenvalue weighted by atomic mass is 10.1. The zero-order valence-electron chi connectivity index (χ0n) is 18.9. The molecule has 0 radical (unpaired) electrons. The molecule has 0 aliphatic carbocycles. The summed E-state index contributed by atoms with van der Waals surface area (Å²) >= 11 is 6.18. The molecule has 10 heteroatoms. The topological polar surface area (TPSA) is 77.3 Å². The van der Waals surface area contributed by atoms with Crippen LogP contribution in [-0.4, -0.2) is 41.9 Å². The van der Waals surface area contributed by atoms with E-state index in [1.54, 1.807) is 39.0 Å². The van der Waals surface area contributed by atoms with Crippen molar-refractivity contribution in [3.05, 3.63) is 59.1 Å². The average molecular weight is 493 g/mol. The smallest absolute Gasteiger partial charge is 0.264 e. The van der Waals surface area contributed by atoms with Gasteiger partial charge in [-0.2, -0.15) is 0 Å². The number of hydrogen-bond acceptors (Lipinski definition) is 5. The molecule has 1 aliphatic rings. The summed E-state index contributed by atoms with van der Waals surface area (Å²) in [4.78, 5) is 0.100. The van der Waals surface area contributed by atoms with Crippen molar-refractivity contribution < 1.29 is 17.5 Å². The van der Waals surface area contributed by atoms with Crippen molar-refractivity contribution >= 4 is 27.3 Å². The highest BCUT2D eigenvalue weighted by Gasteiger charge is 2.37. The second-order valence-corrected chi connectivity index (χ2v) is 11.2. The summed E-state index contributed by atoms with van der Waals surface area (Å²) in [5, 5.41) is 8.43. The highest BCUT2D eigenvalue weighted by atomic mass is 35.5. The monoisotopic (exact) mass is 492 g/mol. The van der Waals surface area contributed by atoms with Crippen molar-refractivity contribution in [1.29, 1.82) is 0 Å². The molecule has 2 heterocycles. The summed E-state index contributed by atoms with van der Waals surface area (Å²) in [5.74, 6) is 0.345. The van der Waals surface area contributed by atoms with Crippen LogP contribution in [-0.2, 0) is 14.8 Å². The highest BCUT2D eigenvalue weighted by molar-refractivity contribution is 7.93. The van der Waals surface area contributed by atoms with Crippen LogP contribution in [0.3, 0.4) is 0 Å². The standard InChI is InChI=1S/C23H26ClFN4O3S/c1-15-26-27-22(28(15)16-10-11-32-14-16)18-12-19(24)20(25)13-21(18)29(23(2,3)4)33(30,31)17-8-6-5-7-9-17/h5-9,12-13,16H,10-11,14H2,1-4H3. The summed E-state index contributed by atoms with van der Waals surface area (Å²) < 4.78 is 51.1. The number of aromatic nitrogens is 3.